The molecule has 5 nitrogen and oxygen atoms in total. The van der Waals surface area contributed by atoms with E-state index in [0.717, 1.165) is 4.90 Å². The Bertz CT molecular complexity index is 955. The Hall–Kier alpha value is -3.13. The molecule has 0 radical (unpaired) electrons. The van der Waals surface area contributed by atoms with Gasteiger partial charge in [-0.25, -0.2) is 4.98 Å². The molecular formula is C20H16F2N2O3S. The molecule has 0 atom stereocenters. The molecule has 0 unspecified atom stereocenters. The molecule has 0 saturated heterocycles. The molecule has 0 bridgehead atoms. The van der Waals surface area contributed by atoms with E-state index in [1.54, 1.807) is 18.3 Å². The van der Waals surface area contributed by atoms with Gasteiger partial charge in [0, 0.05) is 22.8 Å². The fourth-order valence-corrected chi connectivity index (χ4v) is 3.29. The van der Waals surface area contributed by atoms with E-state index in [9.17, 15) is 13.6 Å². The number of methoxy groups -OCH3 is 1. The highest BCUT2D eigenvalue weighted by molar-refractivity contribution is 7.99. The highest BCUT2D eigenvalue weighted by Gasteiger charge is 2.16. The molecule has 1 heterocycles. The SMILES string of the molecule is COc1ccc(NC(=O)c2cccnc2Sc2ccccc2)cc1OC(F)F. The van der Waals surface area contributed by atoms with Crippen LogP contribution in [0.2, 0.25) is 0 Å². The third kappa shape index (κ3) is 4.98. The summed E-state index contributed by atoms with van der Waals surface area (Å²) in [6, 6.07) is 17.1. The minimum atomic E-state index is -3.01. The number of nitrogens with zero attached hydrogens (tertiary/aromatic N) is 1. The van der Waals surface area contributed by atoms with E-state index in [4.69, 9.17) is 4.74 Å². The maximum atomic E-state index is 12.7. The summed E-state index contributed by atoms with van der Waals surface area (Å²) in [7, 11) is 1.34. The second kappa shape index (κ2) is 9.18. The summed E-state index contributed by atoms with van der Waals surface area (Å²) < 4.78 is 34.6. The van der Waals surface area contributed by atoms with E-state index in [0.29, 0.717) is 16.3 Å². The molecule has 0 aliphatic rings. The van der Waals surface area contributed by atoms with Crippen molar-refractivity contribution in [3.63, 3.8) is 0 Å². The highest BCUT2D eigenvalue weighted by Crippen LogP contribution is 2.32. The third-order valence-electron chi connectivity index (χ3n) is 3.61. The Labute approximate surface area is 164 Å². The highest BCUT2D eigenvalue weighted by atomic mass is 32.2. The molecule has 2 aromatic carbocycles. The van der Waals surface area contributed by atoms with Crippen molar-refractivity contribution in [2.24, 2.45) is 0 Å². The largest absolute Gasteiger partial charge is 0.493 e. The average Bonchev–Trinajstić information content (AvgIpc) is 2.69. The number of alkyl halides is 2. The van der Waals surface area contributed by atoms with Crippen LogP contribution in [0.5, 0.6) is 11.5 Å². The zero-order valence-electron chi connectivity index (χ0n) is 14.8. The van der Waals surface area contributed by atoms with Crippen molar-refractivity contribution in [3.05, 3.63) is 72.4 Å². The molecule has 0 aliphatic heterocycles. The second-order valence-electron chi connectivity index (χ2n) is 5.47. The summed E-state index contributed by atoms with van der Waals surface area (Å²) in [4.78, 5) is 17.9. The summed E-state index contributed by atoms with van der Waals surface area (Å²) in [6.45, 7) is -3.01. The lowest BCUT2D eigenvalue weighted by Crippen LogP contribution is -2.14. The van der Waals surface area contributed by atoms with Crippen molar-refractivity contribution in [3.8, 4) is 11.5 Å². The number of benzene rings is 2. The molecule has 28 heavy (non-hydrogen) atoms. The number of nitrogens with one attached hydrogen (secondary N) is 1. The molecule has 0 saturated carbocycles. The zero-order chi connectivity index (χ0) is 19.9. The van der Waals surface area contributed by atoms with Gasteiger partial charge in [-0.2, -0.15) is 8.78 Å². The molecule has 1 N–H and O–H groups in total. The van der Waals surface area contributed by atoms with E-state index < -0.39 is 12.5 Å². The smallest absolute Gasteiger partial charge is 0.387 e. The maximum absolute atomic E-state index is 12.7. The Morgan fingerprint density at radius 3 is 2.57 bits per heavy atom. The van der Waals surface area contributed by atoms with Crippen molar-refractivity contribution < 1.29 is 23.0 Å². The molecule has 0 aliphatic carbocycles. The molecule has 3 aromatic rings. The van der Waals surface area contributed by atoms with Crippen molar-refractivity contribution in [2.75, 3.05) is 12.4 Å². The number of anilines is 1. The molecule has 1 amide bonds. The Balaban J connectivity index is 1.82. The Morgan fingerprint density at radius 1 is 1.07 bits per heavy atom. The van der Waals surface area contributed by atoms with Gasteiger partial charge >= 0.3 is 6.61 Å². The van der Waals surface area contributed by atoms with Gasteiger partial charge in [-0.05, 0) is 36.4 Å². The van der Waals surface area contributed by atoms with E-state index in [1.165, 1.54) is 37.1 Å². The monoisotopic (exact) mass is 402 g/mol. The number of pyridine rings is 1. The number of amides is 1. The molecular weight excluding hydrogens is 386 g/mol. The van der Waals surface area contributed by atoms with Gasteiger partial charge in [0.05, 0.1) is 12.7 Å². The lowest BCUT2D eigenvalue weighted by molar-refractivity contribution is -0.0511. The van der Waals surface area contributed by atoms with Crippen LogP contribution in [0.3, 0.4) is 0 Å². The quantitative estimate of drug-likeness (QED) is 0.596. The Morgan fingerprint density at radius 2 is 1.86 bits per heavy atom. The van der Waals surface area contributed by atoms with Crippen LogP contribution in [0.15, 0.2) is 76.8 Å². The Kier molecular flexibility index (Phi) is 6.44. The van der Waals surface area contributed by atoms with Crippen LogP contribution in [0.4, 0.5) is 14.5 Å². The lowest BCUT2D eigenvalue weighted by atomic mass is 10.2. The van der Waals surface area contributed by atoms with Crippen molar-refractivity contribution in [1.29, 1.82) is 0 Å². The van der Waals surface area contributed by atoms with E-state index >= 15 is 0 Å². The zero-order valence-corrected chi connectivity index (χ0v) is 15.6. The number of rotatable bonds is 7. The van der Waals surface area contributed by atoms with Gasteiger partial charge in [0.25, 0.3) is 5.91 Å². The van der Waals surface area contributed by atoms with Crippen LogP contribution in [0.25, 0.3) is 0 Å². The van der Waals surface area contributed by atoms with Gasteiger partial charge in [-0.3, -0.25) is 4.79 Å². The summed E-state index contributed by atoms with van der Waals surface area (Å²) in [5.74, 6) is -0.444. The maximum Gasteiger partial charge on any atom is 0.387 e. The van der Waals surface area contributed by atoms with E-state index in [1.807, 2.05) is 30.3 Å². The van der Waals surface area contributed by atoms with Crippen molar-refractivity contribution >= 4 is 23.4 Å². The summed E-state index contributed by atoms with van der Waals surface area (Å²) in [5, 5.41) is 3.21. The van der Waals surface area contributed by atoms with Crippen LogP contribution < -0.4 is 14.8 Å². The number of carbonyl (C=O) groups excluding carboxylic acids is 1. The first-order chi connectivity index (χ1) is 13.6. The van der Waals surface area contributed by atoms with Gasteiger partial charge in [-0.1, -0.05) is 30.0 Å². The van der Waals surface area contributed by atoms with Gasteiger partial charge < -0.3 is 14.8 Å². The number of hydrogen-bond acceptors (Lipinski definition) is 5. The summed E-state index contributed by atoms with van der Waals surface area (Å²) in [5.41, 5.74) is 0.657. The standard InChI is InChI=1S/C20H16F2N2O3S/c1-26-16-10-9-13(12-17(16)27-20(21)22)24-18(25)15-8-5-11-23-19(15)28-14-6-3-2-4-7-14/h2-12,20H,1H3,(H,24,25). The van der Waals surface area contributed by atoms with Gasteiger partial charge in [0.1, 0.15) is 5.03 Å². The second-order valence-corrected chi connectivity index (χ2v) is 6.53. The van der Waals surface area contributed by atoms with Crippen LogP contribution in [0, 0.1) is 0 Å². The molecule has 1 aromatic heterocycles. The van der Waals surface area contributed by atoms with Crippen LogP contribution in [0.1, 0.15) is 10.4 Å². The average molecular weight is 402 g/mol. The molecule has 3 rings (SSSR count). The molecule has 8 heteroatoms. The number of ether oxygens (including phenoxy) is 2. The van der Waals surface area contributed by atoms with Gasteiger partial charge in [0.2, 0.25) is 0 Å². The first-order valence-corrected chi connectivity index (χ1v) is 9.00. The summed E-state index contributed by atoms with van der Waals surface area (Å²) >= 11 is 1.35. The topological polar surface area (TPSA) is 60.5 Å². The van der Waals surface area contributed by atoms with Crippen LogP contribution in [-0.4, -0.2) is 24.6 Å². The number of hydrogen-bond donors (Lipinski definition) is 1. The van der Waals surface area contributed by atoms with Crippen LogP contribution >= 0.6 is 11.8 Å². The first kappa shape index (κ1) is 19.6. The van der Waals surface area contributed by atoms with E-state index in [2.05, 4.69) is 15.0 Å². The lowest BCUT2D eigenvalue weighted by Gasteiger charge is -2.13. The minimum absolute atomic E-state index is 0.139. The predicted molar refractivity (Wildman–Crippen MR) is 102 cm³/mol. The fraction of sp³-hybridized carbons (Fsp3) is 0.100. The fourth-order valence-electron chi connectivity index (χ4n) is 2.39. The summed E-state index contributed by atoms with van der Waals surface area (Å²) in [6.07, 6.45) is 1.60. The minimum Gasteiger partial charge on any atom is -0.493 e. The molecule has 144 valence electrons. The number of halogens is 2. The number of carbonyl (C=O) groups is 1. The molecule has 0 spiro atoms. The third-order valence-corrected chi connectivity index (χ3v) is 4.64. The van der Waals surface area contributed by atoms with Gasteiger partial charge in [0.15, 0.2) is 11.5 Å². The van der Waals surface area contributed by atoms with Crippen molar-refractivity contribution in [2.45, 2.75) is 16.5 Å². The van der Waals surface area contributed by atoms with Crippen molar-refractivity contribution in [1.82, 2.24) is 4.98 Å². The predicted octanol–water partition coefficient (Wildman–Crippen LogP) is 5.10. The van der Waals surface area contributed by atoms with Gasteiger partial charge in [-0.15, -0.1) is 0 Å². The first-order valence-electron chi connectivity index (χ1n) is 8.19. The van der Waals surface area contributed by atoms with Crippen LogP contribution in [-0.2, 0) is 0 Å². The number of aromatic nitrogens is 1. The molecule has 0 fully saturated rings. The van der Waals surface area contributed by atoms with E-state index in [-0.39, 0.29) is 11.5 Å². The normalized spacial score (nSPS) is 10.6.